The Morgan fingerprint density at radius 1 is 1.24 bits per heavy atom. The summed E-state index contributed by atoms with van der Waals surface area (Å²) < 4.78 is 0. The number of hydrogen-bond donors (Lipinski definition) is 2. The maximum Gasteiger partial charge on any atom is 0.329 e. The maximum atomic E-state index is 13.6. The molecule has 1 aliphatic rings. The van der Waals surface area contributed by atoms with Gasteiger partial charge in [-0.3, -0.25) is 9.59 Å². The van der Waals surface area contributed by atoms with Crippen molar-refractivity contribution >= 4 is 40.8 Å². The van der Waals surface area contributed by atoms with E-state index in [2.05, 4.69) is 0 Å². The zero-order valence-corrected chi connectivity index (χ0v) is 17.6. The Morgan fingerprint density at radius 3 is 2.48 bits per heavy atom. The number of thiophene rings is 1. The molecule has 2 heterocycles. The summed E-state index contributed by atoms with van der Waals surface area (Å²) in [6.45, 7) is 3.72. The molecule has 1 saturated heterocycles. The molecule has 3 rings (SSSR count). The SMILES string of the molecule is CC(C)CC1(C(=O)O)CC(C(=O)O)C(c2cccs2)N1C(=O)c1cccc(Cl)c1. The minimum atomic E-state index is -1.62. The Morgan fingerprint density at radius 2 is 1.97 bits per heavy atom. The number of likely N-dealkylation sites (tertiary alicyclic amines) is 1. The van der Waals surface area contributed by atoms with Crippen LogP contribution in [0.4, 0.5) is 0 Å². The van der Waals surface area contributed by atoms with Crippen molar-refractivity contribution in [3.05, 3.63) is 57.2 Å². The molecule has 3 unspecified atom stereocenters. The third kappa shape index (κ3) is 3.89. The van der Waals surface area contributed by atoms with Gasteiger partial charge in [-0.2, -0.15) is 0 Å². The van der Waals surface area contributed by atoms with E-state index in [1.807, 2.05) is 13.8 Å². The number of carbonyl (C=O) groups excluding carboxylic acids is 1. The first-order valence-corrected chi connectivity index (χ1v) is 10.5. The van der Waals surface area contributed by atoms with Gasteiger partial charge in [-0.15, -0.1) is 11.3 Å². The van der Waals surface area contributed by atoms with Crippen LogP contribution in [-0.2, 0) is 9.59 Å². The lowest BCUT2D eigenvalue weighted by atomic mass is 9.83. The highest BCUT2D eigenvalue weighted by atomic mass is 35.5. The summed E-state index contributed by atoms with van der Waals surface area (Å²) in [7, 11) is 0. The third-order valence-electron chi connectivity index (χ3n) is 5.26. The number of aliphatic carboxylic acids is 2. The van der Waals surface area contributed by atoms with E-state index in [4.69, 9.17) is 11.6 Å². The molecule has 1 aromatic carbocycles. The van der Waals surface area contributed by atoms with Crippen LogP contribution in [0.5, 0.6) is 0 Å². The third-order valence-corrected chi connectivity index (χ3v) is 6.44. The highest BCUT2D eigenvalue weighted by Crippen LogP contribution is 2.51. The molecule has 6 nitrogen and oxygen atoms in total. The van der Waals surface area contributed by atoms with E-state index in [-0.39, 0.29) is 24.3 Å². The van der Waals surface area contributed by atoms with Crippen molar-refractivity contribution in [2.75, 3.05) is 0 Å². The van der Waals surface area contributed by atoms with Crippen LogP contribution in [0.3, 0.4) is 0 Å². The van der Waals surface area contributed by atoms with E-state index in [0.29, 0.717) is 9.90 Å². The monoisotopic (exact) mass is 435 g/mol. The van der Waals surface area contributed by atoms with Gasteiger partial charge in [-0.25, -0.2) is 4.79 Å². The molecule has 1 amide bonds. The standard InChI is InChI=1S/C21H22ClNO5S/c1-12(2)10-21(20(27)28)11-15(19(25)26)17(16-7-4-8-29-16)23(21)18(24)13-5-3-6-14(22)9-13/h3-9,12,15,17H,10-11H2,1-2H3,(H,25,26)(H,27,28). The second-order valence-corrected chi connectivity index (χ2v) is 9.15. The van der Waals surface area contributed by atoms with Crippen molar-refractivity contribution in [3.8, 4) is 0 Å². The number of carbonyl (C=O) groups is 3. The normalized spacial score (nSPS) is 24.1. The number of hydrogen-bond acceptors (Lipinski definition) is 4. The number of carboxylic acids is 2. The van der Waals surface area contributed by atoms with Crippen LogP contribution in [0.15, 0.2) is 41.8 Å². The van der Waals surface area contributed by atoms with Crippen LogP contribution in [0.2, 0.25) is 5.02 Å². The first kappa shape index (κ1) is 21.3. The molecule has 29 heavy (non-hydrogen) atoms. The van der Waals surface area contributed by atoms with E-state index in [1.54, 1.807) is 35.7 Å². The predicted octanol–water partition coefficient (Wildman–Crippen LogP) is 4.56. The topological polar surface area (TPSA) is 94.9 Å². The lowest BCUT2D eigenvalue weighted by Crippen LogP contribution is -2.54. The van der Waals surface area contributed by atoms with Crippen LogP contribution in [0.25, 0.3) is 0 Å². The second-order valence-electron chi connectivity index (χ2n) is 7.73. The molecule has 0 aliphatic carbocycles. The van der Waals surface area contributed by atoms with Crippen LogP contribution >= 0.6 is 22.9 Å². The fraction of sp³-hybridized carbons (Fsp3) is 0.381. The molecule has 1 aliphatic heterocycles. The summed E-state index contributed by atoms with van der Waals surface area (Å²) in [6.07, 6.45) is 0.00497. The summed E-state index contributed by atoms with van der Waals surface area (Å²) in [5.74, 6) is -3.91. The lowest BCUT2D eigenvalue weighted by molar-refractivity contribution is -0.150. The number of benzene rings is 1. The number of amides is 1. The Labute approximate surface area is 177 Å². The molecule has 0 saturated carbocycles. The quantitative estimate of drug-likeness (QED) is 0.693. The van der Waals surface area contributed by atoms with Crippen molar-refractivity contribution in [3.63, 3.8) is 0 Å². The fourth-order valence-corrected chi connectivity index (χ4v) is 5.31. The molecular formula is C21H22ClNO5S. The van der Waals surface area contributed by atoms with Gasteiger partial charge >= 0.3 is 11.9 Å². The number of nitrogens with zero attached hydrogens (tertiary/aromatic N) is 1. The predicted molar refractivity (Wildman–Crippen MR) is 110 cm³/mol. The molecule has 2 aromatic rings. The smallest absolute Gasteiger partial charge is 0.329 e. The molecular weight excluding hydrogens is 414 g/mol. The molecule has 0 spiro atoms. The van der Waals surface area contributed by atoms with Gasteiger partial charge in [-0.1, -0.05) is 37.6 Å². The summed E-state index contributed by atoms with van der Waals surface area (Å²) in [5.41, 5.74) is -1.38. The van der Waals surface area contributed by atoms with Gasteiger partial charge in [0.1, 0.15) is 5.54 Å². The molecule has 0 radical (unpaired) electrons. The number of rotatable bonds is 6. The van der Waals surface area contributed by atoms with Crippen LogP contribution < -0.4 is 0 Å². The van der Waals surface area contributed by atoms with Gasteiger partial charge in [0.15, 0.2) is 0 Å². The summed E-state index contributed by atoms with van der Waals surface area (Å²) in [6, 6.07) is 8.93. The fourth-order valence-electron chi connectivity index (χ4n) is 4.24. The summed E-state index contributed by atoms with van der Waals surface area (Å²) in [4.78, 5) is 40.2. The van der Waals surface area contributed by atoms with Crippen molar-refractivity contribution in [1.82, 2.24) is 4.90 Å². The molecule has 0 bridgehead atoms. The maximum absolute atomic E-state index is 13.6. The average molecular weight is 436 g/mol. The molecule has 2 N–H and O–H groups in total. The Bertz CT molecular complexity index is 929. The number of carboxylic acid groups (broad SMARTS) is 2. The minimum Gasteiger partial charge on any atom is -0.481 e. The average Bonchev–Trinajstić information content (AvgIpc) is 3.27. The Balaban J connectivity index is 2.22. The zero-order chi connectivity index (χ0) is 21.3. The molecule has 1 fully saturated rings. The van der Waals surface area contributed by atoms with Crippen LogP contribution in [0, 0.1) is 11.8 Å². The highest BCUT2D eigenvalue weighted by Gasteiger charge is 2.61. The second kappa shape index (κ2) is 8.16. The van der Waals surface area contributed by atoms with Gasteiger partial charge in [0, 0.05) is 15.5 Å². The number of halogens is 1. The largest absolute Gasteiger partial charge is 0.481 e. The molecule has 154 valence electrons. The van der Waals surface area contributed by atoms with Crippen molar-refractivity contribution in [2.45, 2.75) is 38.3 Å². The molecule has 1 aromatic heterocycles. The zero-order valence-electron chi connectivity index (χ0n) is 16.0. The van der Waals surface area contributed by atoms with Crippen LogP contribution in [0.1, 0.15) is 48.0 Å². The van der Waals surface area contributed by atoms with Crippen molar-refractivity contribution in [1.29, 1.82) is 0 Å². The first-order chi connectivity index (χ1) is 13.7. The van der Waals surface area contributed by atoms with E-state index < -0.39 is 35.3 Å². The van der Waals surface area contributed by atoms with Gasteiger partial charge < -0.3 is 15.1 Å². The van der Waals surface area contributed by atoms with E-state index >= 15 is 0 Å². The van der Waals surface area contributed by atoms with E-state index in [1.165, 1.54) is 22.3 Å². The minimum absolute atomic E-state index is 0.0581. The van der Waals surface area contributed by atoms with Crippen LogP contribution in [-0.4, -0.2) is 38.5 Å². The Hall–Kier alpha value is -2.38. The highest BCUT2D eigenvalue weighted by molar-refractivity contribution is 7.10. The van der Waals surface area contributed by atoms with Gasteiger partial charge in [0.25, 0.3) is 5.91 Å². The van der Waals surface area contributed by atoms with Gasteiger partial charge in [-0.05, 0) is 48.4 Å². The van der Waals surface area contributed by atoms with Crippen molar-refractivity contribution in [2.24, 2.45) is 11.8 Å². The van der Waals surface area contributed by atoms with Gasteiger partial charge in [0.2, 0.25) is 0 Å². The summed E-state index contributed by atoms with van der Waals surface area (Å²) >= 11 is 7.37. The summed E-state index contributed by atoms with van der Waals surface area (Å²) in [5, 5.41) is 22.3. The van der Waals surface area contributed by atoms with Gasteiger partial charge in [0.05, 0.1) is 12.0 Å². The first-order valence-electron chi connectivity index (χ1n) is 9.26. The Kier molecular flexibility index (Phi) is 6.00. The van der Waals surface area contributed by atoms with Crippen molar-refractivity contribution < 1.29 is 24.6 Å². The van der Waals surface area contributed by atoms with E-state index in [9.17, 15) is 24.6 Å². The van der Waals surface area contributed by atoms with E-state index in [0.717, 1.165) is 0 Å². The lowest BCUT2D eigenvalue weighted by Gasteiger charge is -2.39. The molecule has 8 heteroatoms. The molecule has 3 atom stereocenters.